The summed E-state index contributed by atoms with van der Waals surface area (Å²) in [5.74, 6) is -1.13. The predicted molar refractivity (Wildman–Crippen MR) is 88.1 cm³/mol. The second-order valence-corrected chi connectivity index (χ2v) is 7.32. The minimum atomic E-state index is -3.45. The molecule has 2 rings (SSSR count). The van der Waals surface area contributed by atoms with E-state index in [2.05, 4.69) is 0 Å². The van der Waals surface area contributed by atoms with Crippen molar-refractivity contribution >= 4 is 21.8 Å². The number of hydrogen-bond acceptors (Lipinski definition) is 7. The van der Waals surface area contributed by atoms with Gasteiger partial charge in [-0.1, -0.05) is 6.07 Å². The van der Waals surface area contributed by atoms with Crippen molar-refractivity contribution in [1.82, 2.24) is 0 Å². The number of aryl methyl sites for hydroxylation is 1. The van der Waals surface area contributed by atoms with E-state index in [-0.39, 0.29) is 35.0 Å². The maximum Gasteiger partial charge on any atom is 0.341 e. The normalized spacial score (nSPS) is 11.2. The zero-order chi connectivity index (χ0) is 18.6. The summed E-state index contributed by atoms with van der Waals surface area (Å²) in [5, 5.41) is 0. The fourth-order valence-electron chi connectivity index (χ4n) is 2.10. The van der Waals surface area contributed by atoms with E-state index in [0.29, 0.717) is 5.56 Å². The van der Waals surface area contributed by atoms with Gasteiger partial charge in [-0.15, -0.1) is 0 Å². The van der Waals surface area contributed by atoms with Crippen LogP contribution in [0.5, 0.6) is 0 Å². The van der Waals surface area contributed by atoms with Crippen molar-refractivity contribution in [3.05, 3.63) is 53.0 Å². The van der Waals surface area contributed by atoms with Crippen molar-refractivity contribution in [2.45, 2.75) is 25.3 Å². The molecule has 0 spiro atoms. The minimum absolute atomic E-state index is 0.0234. The van der Waals surface area contributed by atoms with Crippen LogP contribution in [0.25, 0.3) is 0 Å². The number of carbonyl (C=O) groups excluding carboxylic acids is 2. The van der Waals surface area contributed by atoms with Gasteiger partial charge in [0.2, 0.25) is 0 Å². The second-order valence-electron chi connectivity index (χ2n) is 5.30. The molecule has 1 aromatic heterocycles. The van der Waals surface area contributed by atoms with E-state index in [1.165, 1.54) is 30.5 Å². The Morgan fingerprint density at radius 2 is 1.76 bits per heavy atom. The van der Waals surface area contributed by atoms with Gasteiger partial charge in [-0.25, -0.2) is 18.0 Å². The van der Waals surface area contributed by atoms with E-state index in [4.69, 9.17) is 13.9 Å². The molecule has 0 amide bonds. The van der Waals surface area contributed by atoms with Gasteiger partial charge in [-0.2, -0.15) is 0 Å². The molecular formula is C17H18O7S. The molecule has 25 heavy (non-hydrogen) atoms. The van der Waals surface area contributed by atoms with Crippen molar-refractivity contribution in [2.24, 2.45) is 0 Å². The molecule has 0 N–H and O–H groups in total. The van der Waals surface area contributed by atoms with E-state index in [0.717, 1.165) is 6.26 Å². The summed E-state index contributed by atoms with van der Waals surface area (Å²) < 4.78 is 38.4. The van der Waals surface area contributed by atoms with E-state index in [9.17, 15) is 18.0 Å². The van der Waals surface area contributed by atoms with Crippen LogP contribution in [0.15, 0.2) is 39.8 Å². The fraction of sp³-hybridized carbons (Fsp3) is 0.294. The molecule has 0 saturated heterocycles. The predicted octanol–water partition coefficient (Wildman–Crippen LogP) is 2.53. The van der Waals surface area contributed by atoms with Gasteiger partial charge in [-0.3, -0.25) is 0 Å². The van der Waals surface area contributed by atoms with Gasteiger partial charge in [-0.05, 0) is 37.6 Å². The Bertz CT molecular complexity index is 893. The number of benzene rings is 1. The Morgan fingerprint density at radius 1 is 1.08 bits per heavy atom. The Morgan fingerprint density at radius 3 is 2.40 bits per heavy atom. The third kappa shape index (κ3) is 4.48. The highest BCUT2D eigenvalue weighted by Crippen LogP contribution is 2.19. The Hall–Kier alpha value is -2.61. The van der Waals surface area contributed by atoms with E-state index >= 15 is 0 Å². The smallest absolute Gasteiger partial charge is 0.341 e. The van der Waals surface area contributed by atoms with Crippen LogP contribution in [0.2, 0.25) is 0 Å². The van der Waals surface area contributed by atoms with Crippen molar-refractivity contribution < 1.29 is 31.9 Å². The first-order valence-corrected chi connectivity index (χ1v) is 9.34. The maximum absolute atomic E-state index is 12.3. The number of rotatable bonds is 6. The number of sulfone groups is 1. The monoisotopic (exact) mass is 366 g/mol. The fourth-order valence-corrected chi connectivity index (χ4v) is 2.75. The molecule has 0 fully saturated rings. The van der Waals surface area contributed by atoms with E-state index in [1.807, 2.05) is 0 Å². The van der Waals surface area contributed by atoms with Crippen LogP contribution in [0.3, 0.4) is 0 Å². The molecule has 8 heteroatoms. The first kappa shape index (κ1) is 18.7. The Kier molecular flexibility index (Phi) is 5.63. The van der Waals surface area contributed by atoms with Crippen LogP contribution in [-0.4, -0.2) is 33.2 Å². The Labute approximate surface area is 145 Å². The number of hydrogen-bond donors (Lipinski definition) is 0. The summed E-state index contributed by atoms with van der Waals surface area (Å²) in [4.78, 5) is 24.1. The summed E-state index contributed by atoms with van der Waals surface area (Å²) >= 11 is 0. The van der Waals surface area contributed by atoms with Gasteiger partial charge in [0.1, 0.15) is 5.56 Å². The number of esters is 2. The first-order valence-electron chi connectivity index (χ1n) is 7.45. The topological polar surface area (TPSA) is 99.9 Å². The highest BCUT2D eigenvalue weighted by molar-refractivity contribution is 7.90. The average molecular weight is 366 g/mol. The number of carbonyl (C=O) groups is 2. The van der Waals surface area contributed by atoms with Crippen LogP contribution in [0, 0.1) is 6.92 Å². The molecule has 2 aromatic rings. The van der Waals surface area contributed by atoms with Gasteiger partial charge in [0.05, 0.1) is 23.3 Å². The molecule has 0 bridgehead atoms. The van der Waals surface area contributed by atoms with Gasteiger partial charge in [0, 0.05) is 6.26 Å². The van der Waals surface area contributed by atoms with Crippen LogP contribution in [0.4, 0.5) is 0 Å². The lowest BCUT2D eigenvalue weighted by molar-refractivity contribution is 0.0421. The largest absolute Gasteiger partial charge is 0.465 e. The van der Waals surface area contributed by atoms with Crippen molar-refractivity contribution in [2.75, 3.05) is 12.9 Å². The summed E-state index contributed by atoms with van der Waals surface area (Å²) in [6.07, 6.45) is 2.35. The van der Waals surface area contributed by atoms with Crippen LogP contribution in [-0.2, 0) is 25.9 Å². The molecule has 1 heterocycles. The SMILES string of the molecule is CCOC(=O)c1ccoc1COC(=O)c1cc(S(C)(=O)=O)ccc1C. The third-order valence-corrected chi connectivity index (χ3v) is 4.54. The molecule has 0 saturated carbocycles. The second kappa shape index (κ2) is 7.52. The van der Waals surface area contributed by atoms with Crippen LogP contribution in [0.1, 0.15) is 39.0 Å². The van der Waals surface area contributed by atoms with E-state index < -0.39 is 21.8 Å². The van der Waals surface area contributed by atoms with Gasteiger partial charge >= 0.3 is 11.9 Å². The molecule has 134 valence electrons. The maximum atomic E-state index is 12.3. The standard InChI is InChI=1S/C17H18O7S/c1-4-22-16(18)13-7-8-23-15(13)10-24-17(19)14-9-12(25(3,20)21)6-5-11(14)2/h5-9H,4,10H2,1-3H3. The first-order chi connectivity index (χ1) is 11.7. The van der Waals surface area contributed by atoms with Crippen LogP contribution >= 0.6 is 0 Å². The van der Waals surface area contributed by atoms with Crippen molar-refractivity contribution in [3.8, 4) is 0 Å². The molecule has 0 aliphatic heterocycles. The lowest BCUT2D eigenvalue weighted by Gasteiger charge is -2.08. The summed E-state index contributed by atoms with van der Waals surface area (Å²) in [6.45, 7) is 3.28. The lowest BCUT2D eigenvalue weighted by Crippen LogP contribution is -2.11. The minimum Gasteiger partial charge on any atom is -0.465 e. The molecule has 0 aliphatic rings. The molecule has 0 radical (unpaired) electrons. The van der Waals surface area contributed by atoms with Crippen molar-refractivity contribution in [3.63, 3.8) is 0 Å². The third-order valence-electron chi connectivity index (χ3n) is 3.43. The van der Waals surface area contributed by atoms with Gasteiger partial charge in [0.25, 0.3) is 0 Å². The number of furan rings is 1. The summed E-state index contributed by atoms with van der Waals surface area (Å²) in [5.41, 5.74) is 0.880. The quantitative estimate of drug-likeness (QED) is 0.724. The highest BCUT2D eigenvalue weighted by Gasteiger charge is 2.19. The summed E-state index contributed by atoms with van der Waals surface area (Å²) in [6, 6.07) is 5.65. The lowest BCUT2D eigenvalue weighted by atomic mass is 10.1. The highest BCUT2D eigenvalue weighted by atomic mass is 32.2. The van der Waals surface area contributed by atoms with Crippen molar-refractivity contribution in [1.29, 1.82) is 0 Å². The zero-order valence-corrected chi connectivity index (χ0v) is 14.9. The molecular weight excluding hydrogens is 348 g/mol. The molecule has 7 nitrogen and oxygen atoms in total. The van der Waals surface area contributed by atoms with Crippen LogP contribution < -0.4 is 0 Å². The molecule has 0 atom stereocenters. The van der Waals surface area contributed by atoms with Gasteiger partial charge in [0.15, 0.2) is 22.2 Å². The average Bonchev–Trinajstić information content (AvgIpc) is 3.00. The van der Waals surface area contributed by atoms with Gasteiger partial charge < -0.3 is 13.9 Å². The molecule has 0 unspecified atom stereocenters. The Balaban J connectivity index is 2.17. The molecule has 1 aromatic carbocycles. The summed E-state index contributed by atoms with van der Waals surface area (Å²) in [7, 11) is -3.45. The molecule has 0 aliphatic carbocycles. The zero-order valence-electron chi connectivity index (χ0n) is 14.1. The number of ether oxygens (including phenoxy) is 2. The van der Waals surface area contributed by atoms with E-state index in [1.54, 1.807) is 13.8 Å².